The molecule has 0 bridgehead atoms. The Balaban J connectivity index is 2.84. The third-order valence-corrected chi connectivity index (χ3v) is 3.04. The van der Waals surface area contributed by atoms with E-state index in [1.54, 1.807) is 0 Å². The summed E-state index contributed by atoms with van der Waals surface area (Å²) in [5, 5.41) is 10.2. The van der Waals surface area contributed by atoms with Gasteiger partial charge in [-0.2, -0.15) is 0 Å². The Kier molecular flexibility index (Phi) is 2.92. The fourth-order valence-electron chi connectivity index (χ4n) is 2.23. The van der Waals surface area contributed by atoms with Crippen LogP contribution in [0.5, 0.6) is 0 Å². The molecule has 0 spiro atoms. The van der Waals surface area contributed by atoms with Gasteiger partial charge in [-0.25, -0.2) is 4.79 Å². The van der Waals surface area contributed by atoms with Crippen LogP contribution in [-0.4, -0.2) is 11.1 Å². The van der Waals surface area contributed by atoms with E-state index in [9.17, 15) is 9.90 Å². The molecule has 0 saturated heterocycles. The summed E-state index contributed by atoms with van der Waals surface area (Å²) in [7, 11) is 0. The number of benzene rings is 1. The van der Waals surface area contributed by atoms with E-state index in [-0.39, 0.29) is 5.76 Å². The van der Waals surface area contributed by atoms with Gasteiger partial charge in [-0.15, -0.1) is 0 Å². The predicted octanol–water partition coefficient (Wildman–Crippen LogP) is 3.70. The third-order valence-electron chi connectivity index (χ3n) is 3.04. The van der Waals surface area contributed by atoms with E-state index in [4.69, 9.17) is 4.42 Å². The highest BCUT2D eigenvalue weighted by molar-refractivity contribution is 5.97. The molecule has 17 heavy (non-hydrogen) atoms. The summed E-state index contributed by atoms with van der Waals surface area (Å²) in [6.07, 6.45) is 1.64. The third kappa shape index (κ3) is 1.82. The first kappa shape index (κ1) is 11.7. The van der Waals surface area contributed by atoms with Crippen LogP contribution in [0.15, 0.2) is 16.5 Å². The first-order valence-electron chi connectivity index (χ1n) is 5.81. The average molecular weight is 232 g/mol. The SMILES string of the molecule is CCCc1c(C(=O)O)oc2c(C)ccc(C)c12. The van der Waals surface area contributed by atoms with Crippen molar-refractivity contribution in [3.8, 4) is 0 Å². The Labute approximate surface area is 100 Å². The Bertz CT molecular complexity index is 579. The van der Waals surface area contributed by atoms with E-state index < -0.39 is 5.97 Å². The van der Waals surface area contributed by atoms with Crippen LogP contribution in [-0.2, 0) is 6.42 Å². The van der Waals surface area contributed by atoms with E-state index in [1.165, 1.54) is 0 Å². The van der Waals surface area contributed by atoms with Crippen molar-refractivity contribution in [3.05, 3.63) is 34.6 Å². The van der Waals surface area contributed by atoms with Crippen molar-refractivity contribution in [2.45, 2.75) is 33.6 Å². The number of carbonyl (C=O) groups is 1. The predicted molar refractivity (Wildman–Crippen MR) is 66.6 cm³/mol. The number of aromatic carboxylic acids is 1. The monoisotopic (exact) mass is 232 g/mol. The number of fused-ring (bicyclic) bond motifs is 1. The van der Waals surface area contributed by atoms with Crippen LogP contribution in [0, 0.1) is 13.8 Å². The van der Waals surface area contributed by atoms with Crippen molar-refractivity contribution in [2.75, 3.05) is 0 Å². The van der Waals surface area contributed by atoms with Gasteiger partial charge in [0.25, 0.3) is 0 Å². The second-order valence-corrected chi connectivity index (χ2v) is 4.37. The molecule has 2 aromatic rings. The molecule has 0 aliphatic carbocycles. The van der Waals surface area contributed by atoms with Gasteiger partial charge >= 0.3 is 5.97 Å². The molecule has 3 nitrogen and oxygen atoms in total. The van der Waals surface area contributed by atoms with E-state index in [1.807, 2.05) is 32.9 Å². The Morgan fingerprint density at radius 2 is 1.94 bits per heavy atom. The lowest BCUT2D eigenvalue weighted by Crippen LogP contribution is -1.98. The molecule has 3 heteroatoms. The molecular formula is C14H16O3. The Morgan fingerprint density at radius 3 is 2.53 bits per heavy atom. The lowest BCUT2D eigenvalue weighted by molar-refractivity contribution is 0.0663. The molecule has 1 aromatic heterocycles. The zero-order valence-electron chi connectivity index (χ0n) is 10.3. The number of furan rings is 1. The van der Waals surface area contributed by atoms with Gasteiger partial charge in [0, 0.05) is 10.9 Å². The van der Waals surface area contributed by atoms with E-state index in [2.05, 4.69) is 0 Å². The van der Waals surface area contributed by atoms with Crippen LogP contribution in [0.1, 0.15) is 40.6 Å². The summed E-state index contributed by atoms with van der Waals surface area (Å²) in [5.74, 6) is -0.886. The minimum Gasteiger partial charge on any atom is -0.475 e. The molecule has 0 radical (unpaired) electrons. The summed E-state index contributed by atoms with van der Waals surface area (Å²) in [6.45, 7) is 5.96. The van der Waals surface area contributed by atoms with Crippen molar-refractivity contribution in [1.82, 2.24) is 0 Å². The molecule has 0 unspecified atom stereocenters. The first-order chi connectivity index (χ1) is 8.06. The standard InChI is InChI=1S/C14H16O3/c1-4-5-10-11-8(2)6-7-9(3)12(11)17-13(10)14(15)16/h6-7H,4-5H2,1-3H3,(H,15,16). The highest BCUT2D eigenvalue weighted by Gasteiger charge is 2.21. The fraction of sp³-hybridized carbons (Fsp3) is 0.357. The van der Waals surface area contributed by atoms with Crippen LogP contribution in [0.25, 0.3) is 11.0 Å². The Morgan fingerprint density at radius 1 is 1.29 bits per heavy atom. The molecule has 0 saturated carbocycles. The molecule has 0 fully saturated rings. The van der Waals surface area contributed by atoms with Gasteiger partial charge in [0.1, 0.15) is 5.58 Å². The maximum Gasteiger partial charge on any atom is 0.372 e. The van der Waals surface area contributed by atoms with E-state index in [0.29, 0.717) is 5.58 Å². The number of rotatable bonds is 3. The topological polar surface area (TPSA) is 50.4 Å². The minimum absolute atomic E-state index is 0.0965. The van der Waals surface area contributed by atoms with Crippen LogP contribution in [0.2, 0.25) is 0 Å². The summed E-state index contributed by atoms with van der Waals surface area (Å²) in [4.78, 5) is 11.2. The van der Waals surface area contributed by atoms with Crippen molar-refractivity contribution in [3.63, 3.8) is 0 Å². The van der Waals surface area contributed by atoms with Gasteiger partial charge < -0.3 is 9.52 Å². The fourth-order valence-corrected chi connectivity index (χ4v) is 2.23. The lowest BCUT2D eigenvalue weighted by Gasteiger charge is -2.01. The maximum absolute atomic E-state index is 11.2. The number of carboxylic acids is 1. The minimum atomic E-state index is -0.983. The quantitative estimate of drug-likeness (QED) is 0.877. The molecule has 0 aliphatic heterocycles. The van der Waals surface area contributed by atoms with Gasteiger partial charge in [-0.3, -0.25) is 0 Å². The molecule has 0 aliphatic rings. The van der Waals surface area contributed by atoms with Gasteiger partial charge in [0.05, 0.1) is 0 Å². The molecular weight excluding hydrogens is 216 g/mol. The second-order valence-electron chi connectivity index (χ2n) is 4.37. The van der Waals surface area contributed by atoms with Crippen molar-refractivity contribution >= 4 is 16.9 Å². The second kappa shape index (κ2) is 4.24. The smallest absolute Gasteiger partial charge is 0.372 e. The first-order valence-corrected chi connectivity index (χ1v) is 5.81. The highest BCUT2D eigenvalue weighted by Crippen LogP contribution is 2.32. The van der Waals surface area contributed by atoms with Gasteiger partial charge in [-0.05, 0) is 31.4 Å². The Hall–Kier alpha value is -1.77. The van der Waals surface area contributed by atoms with Crippen LogP contribution < -0.4 is 0 Å². The molecule has 1 N–H and O–H groups in total. The number of hydrogen-bond acceptors (Lipinski definition) is 2. The maximum atomic E-state index is 11.2. The largest absolute Gasteiger partial charge is 0.475 e. The molecule has 2 rings (SSSR count). The molecule has 0 amide bonds. The number of hydrogen-bond donors (Lipinski definition) is 1. The van der Waals surface area contributed by atoms with Crippen LogP contribution >= 0.6 is 0 Å². The molecule has 90 valence electrons. The summed E-state index contributed by atoms with van der Waals surface area (Å²) in [5.41, 5.74) is 3.60. The van der Waals surface area contributed by atoms with Crippen molar-refractivity contribution < 1.29 is 14.3 Å². The van der Waals surface area contributed by atoms with Crippen LogP contribution in [0.3, 0.4) is 0 Å². The molecule has 0 atom stereocenters. The van der Waals surface area contributed by atoms with E-state index in [0.717, 1.165) is 34.9 Å². The zero-order valence-corrected chi connectivity index (χ0v) is 10.3. The molecule has 1 heterocycles. The summed E-state index contributed by atoms with van der Waals surface area (Å²) < 4.78 is 5.53. The number of carboxylic acid groups (broad SMARTS) is 1. The van der Waals surface area contributed by atoms with Crippen LogP contribution in [0.4, 0.5) is 0 Å². The normalized spacial score (nSPS) is 11.0. The van der Waals surface area contributed by atoms with E-state index >= 15 is 0 Å². The van der Waals surface area contributed by atoms with Crippen molar-refractivity contribution in [2.24, 2.45) is 0 Å². The van der Waals surface area contributed by atoms with Gasteiger partial charge in [-0.1, -0.05) is 25.5 Å². The summed E-state index contributed by atoms with van der Waals surface area (Å²) >= 11 is 0. The number of aryl methyl sites for hydroxylation is 3. The lowest BCUT2D eigenvalue weighted by atomic mass is 10.00. The van der Waals surface area contributed by atoms with Gasteiger partial charge in [0.2, 0.25) is 5.76 Å². The highest BCUT2D eigenvalue weighted by atomic mass is 16.4. The molecule has 1 aromatic carbocycles. The van der Waals surface area contributed by atoms with Gasteiger partial charge in [0.15, 0.2) is 0 Å². The average Bonchev–Trinajstić information content (AvgIpc) is 2.65. The summed E-state index contributed by atoms with van der Waals surface area (Å²) in [6, 6.07) is 3.97. The van der Waals surface area contributed by atoms with Crippen molar-refractivity contribution in [1.29, 1.82) is 0 Å². The zero-order chi connectivity index (χ0) is 12.6.